The largest absolute Gasteiger partial charge is 0.506 e. The lowest BCUT2D eigenvalue weighted by Crippen LogP contribution is -1.96. The van der Waals surface area contributed by atoms with Gasteiger partial charge in [0, 0.05) is 6.07 Å². The van der Waals surface area contributed by atoms with E-state index in [9.17, 15) is 15.2 Å². The van der Waals surface area contributed by atoms with Crippen molar-refractivity contribution in [3.63, 3.8) is 0 Å². The Bertz CT molecular complexity index is 497. The maximum absolute atomic E-state index is 10.6. The molecule has 0 heterocycles. The van der Waals surface area contributed by atoms with Crippen LogP contribution in [0.4, 0.5) is 5.69 Å². The molecular weight excluding hydrogens is 198 g/mol. The third kappa shape index (κ3) is 1.84. The van der Waals surface area contributed by atoms with E-state index < -0.39 is 10.7 Å². The number of hydrogen-bond acceptors (Lipinski definition) is 5. The minimum absolute atomic E-state index is 0.0779. The predicted molar refractivity (Wildman–Crippen MR) is 48.8 cm³/mol. The Morgan fingerprint density at radius 3 is 2.60 bits per heavy atom. The molecule has 6 nitrogen and oxygen atoms in total. The van der Waals surface area contributed by atoms with Crippen LogP contribution in [0.2, 0.25) is 0 Å². The van der Waals surface area contributed by atoms with E-state index in [0.29, 0.717) is 0 Å². The summed E-state index contributed by atoms with van der Waals surface area (Å²) < 4.78 is 0. The number of rotatable bonds is 2. The van der Waals surface area contributed by atoms with E-state index in [1.54, 1.807) is 12.1 Å². The van der Waals surface area contributed by atoms with Crippen molar-refractivity contribution in [2.45, 2.75) is 6.42 Å². The van der Waals surface area contributed by atoms with Gasteiger partial charge in [-0.2, -0.15) is 10.5 Å². The smallest absolute Gasteiger partial charge is 0.277 e. The van der Waals surface area contributed by atoms with E-state index in [-0.39, 0.29) is 23.2 Å². The molecule has 0 radical (unpaired) electrons. The molecule has 0 aliphatic carbocycles. The van der Waals surface area contributed by atoms with Crippen molar-refractivity contribution < 1.29 is 10.0 Å². The van der Waals surface area contributed by atoms with Crippen LogP contribution in [-0.2, 0) is 6.42 Å². The Balaban J connectivity index is 3.47. The molecule has 0 saturated carbocycles. The van der Waals surface area contributed by atoms with Gasteiger partial charge < -0.3 is 5.11 Å². The predicted octanol–water partition coefficient (Wildman–Crippen LogP) is 1.24. The fourth-order valence-electron chi connectivity index (χ4n) is 1.14. The first kappa shape index (κ1) is 10.5. The zero-order chi connectivity index (χ0) is 11.4. The first-order valence-corrected chi connectivity index (χ1v) is 3.88. The quantitative estimate of drug-likeness (QED) is 0.574. The topological polar surface area (TPSA) is 111 Å². The van der Waals surface area contributed by atoms with E-state index in [1.807, 2.05) is 0 Å². The van der Waals surface area contributed by atoms with E-state index in [0.717, 1.165) is 12.1 Å². The van der Waals surface area contributed by atoms with Gasteiger partial charge in [0.05, 0.1) is 28.5 Å². The molecule has 1 N–H and O–H groups in total. The second-order valence-electron chi connectivity index (χ2n) is 2.66. The molecule has 0 bridgehead atoms. The van der Waals surface area contributed by atoms with Gasteiger partial charge in [-0.15, -0.1) is 0 Å². The third-order valence-corrected chi connectivity index (χ3v) is 1.83. The molecule has 0 aliphatic heterocycles. The van der Waals surface area contributed by atoms with Gasteiger partial charge in [-0.3, -0.25) is 10.1 Å². The second-order valence-corrected chi connectivity index (χ2v) is 2.66. The number of nitriles is 2. The van der Waals surface area contributed by atoms with E-state index in [4.69, 9.17) is 10.5 Å². The van der Waals surface area contributed by atoms with Crippen molar-refractivity contribution in [3.05, 3.63) is 33.4 Å². The molecule has 0 unspecified atom stereocenters. The number of nitro benzene ring substituents is 1. The molecule has 0 aliphatic rings. The van der Waals surface area contributed by atoms with Crippen LogP contribution in [-0.4, -0.2) is 10.0 Å². The van der Waals surface area contributed by atoms with Crippen molar-refractivity contribution in [1.82, 2.24) is 0 Å². The van der Waals surface area contributed by atoms with Gasteiger partial charge in [0.15, 0.2) is 0 Å². The highest BCUT2D eigenvalue weighted by Crippen LogP contribution is 2.30. The molecular formula is C9H5N3O3. The molecule has 15 heavy (non-hydrogen) atoms. The van der Waals surface area contributed by atoms with Crippen molar-refractivity contribution in [3.8, 4) is 17.9 Å². The van der Waals surface area contributed by atoms with Crippen LogP contribution in [0.25, 0.3) is 0 Å². The van der Waals surface area contributed by atoms with Gasteiger partial charge in [-0.05, 0) is 6.07 Å². The van der Waals surface area contributed by atoms with Gasteiger partial charge in [-0.25, -0.2) is 0 Å². The Morgan fingerprint density at radius 1 is 1.47 bits per heavy atom. The summed E-state index contributed by atoms with van der Waals surface area (Å²) in [5, 5.41) is 37.0. The summed E-state index contributed by atoms with van der Waals surface area (Å²) in [6.07, 6.45) is -0.308. The van der Waals surface area contributed by atoms with Crippen LogP contribution in [0.3, 0.4) is 0 Å². The van der Waals surface area contributed by atoms with Gasteiger partial charge in [-0.1, -0.05) is 0 Å². The van der Waals surface area contributed by atoms with Gasteiger partial charge in [0.2, 0.25) is 0 Å². The van der Waals surface area contributed by atoms with Crippen LogP contribution < -0.4 is 0 Å². The number of nitro groups is 1. The molecule has 1 aromatic carbocycles. The van der Waals surface area contributed by atoms with Gasteiger partial charge in [0.1, 0.15) is 11.8 Å². The summed E-state index contributed by atoms with van der Waals surface area (Å²) >= 11 is 0. The maximum atomic E-state index is 10.6. The number of phenolic OH excluding ortho intramolecular Hbond substituents is 1. The molecule has 0 saturated heterocycles. The minimum Gasteiger partial charge on any atom is -0.506 e. The van der Waals surface area contributed by atoms with Crippen molar-refractivity contribution >= 4 is 5.69 Å². The van der Waals surface area contributed by atoms with Crippen LogP contribution in [0.5, 0.6) is 5.75 Å². The number of aromatic hydroxyl groups is 1. The average Bonchev–Trinajstić information content (AvgIpc) is 2.20. The van der Waals surface area contributed by atoms with Crippen LogP contribution in [0.15, 0.2) is 12.1 Å². The summed E-state index contributed by atoms with van der Waals surface area (Å²) in [6, 6.07) is 5.63. The zero-order valence-electron chi connectivity index (χ0n) is 7.47. The van der Waals surface area contributed by atoms with Crippen molar-refractivity contribution in [1.29, 1.82) is 10.5 Å². The average molecular weight is 203 g/mol. The number of nitrogens with zero attached hydrogens (tertiary/aromatic N) is 3. The Hall–Kier alpha value is -2.60. The second kappa shape index (κ2) is 4.07. The number of benzene rings is 1. The SMILES string of the molecule is N#CCc1c([N+](=O)[O-])ccc(C#N)c1O. The van der Waals surface area contributed by atoms with Crippen LogP contribution in [0, 0.1) is 32.8 Å². The molecule has 1 aromatic rings. The highest BCUT2D eigenvalue weighted by Gasteiger charge is 2.19. The Morgan fingerprint density at radius 2 is 2.13 bits per heavy atom. The monoisotopic (exact) mass is 203 g/mol. The maximum Gasteiger partial charge on any atom is 0.277 e. The highest BCUT2D eigenvalue weighted by molar-refractivity contribution is 5.57. The fraction of sp³-hybridized carbons (Fsp3) is 0.111. The molecule has 0 atom stereocenters. The summed E-state index contributed by atoms with van der Waals surface area (Å²) in [6.45, 7) is 0. The lowest BCUT2D eigenvalue weighted by molar-refractivity contribution is -0.385. The summed E-state index contributed by atoms with van der Waals surface area (Å²) in [5.41, 5.74) is -0.555. The Kier molecular flexibility index (Phi) is 2.85. The van der Waals surface area contributed by atoms with Crippen LogP contribution >= 0.6 is 0 Å². The first-order chi connectivity index (χ1) is 7.11. The Labute approximate surface area is 84.8 Å². The normalized spacial score (nSPS) is 8.93. The van der Waals surface area contributed by atoms with E-state index in [2.05, 4.69) is 0 Å². The summed E-state index contributed by atoms with van der Waals surface area (Å²) in [4.78, 5) is 9.85. The van der Waals surface area contributed by atoms with Crippen LogP contribution in [0.1, 0.15) is 11.1 Å². The number of phenols is 1. The lowest BCUT2D eigenvalue weighted by Gasteiger charge is -2.02. The molecule has 1 rings (SSSR count). The lowest BCUT2D eigenvalue weighted by atomic mass is 10.1. The third-order valence-electron chi connectivity index (χ3n) is 1.83. The zero-order valence-corrected chi connectivity index (χ0v) is 7.47. The van der Waals surface area contributed by atoms with Gasteiger partial charge >= 0.3 is 0 Å². The van der Waals surface area contributed by atoms with Crippen molar-refractivity contribution in [2.24, 2.45) is 0 Å². The number of hydrogen-bond donors (Lipinski definition) is 1. The highest BCUT2D eigenvalue weighted by atomic mass is 16.6. The summed E-state index contributed by atoms with van der Waals surface area (Å²) in [7, 11) is 0. The van der Waals surface area contributed by atoms with E-state index >= 15 is 0 Å². The minimum atomic E-state index is -0.701. The molecule has 0 fully saturated rings. The standard InChI is InChI=1S/C9H5N3O3/c10-4-3-7-8(12(14)15)2-1-6(5-11)9(7)13/h1-2,13H,3H2. The molecule has 74 valence electrons. The van der Waals surface area contributed by atoms with Gasteiger partial charge in [0.25, 0.3) is 5.69 Å². The molecule has 0 amide bonds. The van der Waals surface area contributed by atoms with Crippen molar-refractivity contribution in [2.75, 3.05) is 0 Å². The molecule has 0 spiro atoms. The van der Waals surface area contributed by atoms with E-state index in [1.165, 1.54) is 0 Å². The first-order valence-electron chi connectivity index (χ1n) is 3.88. The molecule has 6 heteroatoms. The fourth-order valence-corrected chi connectivity index (χ4v) is 1.14. The summed E-state index contributed by atoms with van der Waals surface area (Å²) in [5.74, 6) is -0.492. The molecule has 0 aromatic heterocycles.